The first kappa shape index (κ1) is 30.7. The van der Waals surface area contributed by atoms with Gasteiger partial charge in [0.25, 0.3) is 0 Å². The van der Waals surface area contributed by atoms with Crippen molar-refractivity contribution in [1.29, 1.82) is 5.26 Å². The predicted molar refractivity (Wildman–Crippen MR) is 140 cm³/mol. The molecule has 0 radical (unpaired) electrons. The predicted octanol–water partition coefficient (Wildman–Crippen LogP) is 2.33. The molecule has 2 heterocycles. The number of benzene rings is 1. The lowest BCUT2D eigenvalue weighted by Crippen LogP contribution is -2.54. The van der Waals surface area contributed by atoms with Crippen molar-refractivity contribution in [3.05, 3.63) is 29.3 Å². The topological polar surface area (TPSA) is 112 Å². The van der Waals surface area contributed by atoms with Gasteiger partial charge >= 0.3 is 0 Å². The van der Waals surface area contributed by atoms with E-state index in [0.29, 0.717) is 78.2 Å². The van der Waals surface area contributed by atoms with Gasteiger partial charge in [0.05, 0.1) is 97.0 Å². The van der Waals surface area contributed by atoms with Crippen LogP contribution in [0.25, 0.3) is 0 Å². The molecule has 1 N–H and O–H groups in total. The van der Waals surface area contributed by atoms with Gasteiger partial charge in [-0.2, -0.15) is 5.26 Å². The van der Waals surface area contributed by atoms with Crippen molar-refractivity contribution in [2.75, 3.05) is 92.4 Å². The van der Waals surface area contributed by atoms with Crippen LogP contribution in [0.5, 0.6) is 5.75 Å². The maximum Gasteiger partial charge on any atom is 0.131 e. The van der Waals surface area contributed by atoms with Gasteiger partial charge in [-0.25, -0.2) is 0 Å². The highest BCUT2D eigenvalue weighted by molar-refractivity contribution is 5.46. The fourth-order valence-electron chi connectivity index (χ4n) is 4.81. The Labute approximate surface area is 226 Å². The Balaban J connectivity index is 1.30. The van der Waals surface area contributed by atoms with Crippen molar-refractivity contribution in [2.24, 2.45) is 0 Å². The zero-order valence-corrected chi connectivity index (χ0v) is 22.9. The number of hydrogen-bond donors (Lipinski definition) is 1. The van der Waals surface area contributed by atoms with Gasteiger partial charge in [0, 0.05) is 5.56 Å². The fraction of sp³-hybridized carbons (Fsp3) is 0.750. The first-order valence-electron chi connectivity index (χ1n) is 13.6. The van der Waals surface area contributed by atoms with Crippen LogP contribution in [0.3, 0.4) is 0 Å². The highest BCUT2D eigenvalue weighted by Crippen LogP contribution is 2.45. The second-order valence-corrected chi connectivity index (χ2v) is 9.83. The third kappa shape index (κ3) is 9.74. The summed E-state index contributed by atoms with van der Waals surface area (Å²) in [4.78, 5) is 2.46. The van der Waals surface area contributed by atoms with Crippen molar-refractivity contribution >= 4 is 0 Å². The number of nitriles is 1. The summed E-state index contributed by atoms with van der Waals surface area (Å²) in [5.41, 5.74) is 1.15. The molecule has 1 aromatic rings. The zero-order chi connectivity index (χ0) is 27.1. The Morgan fingerprint density at radius 3 is 1.92 bits per heavy atom. The molecule has 2 aliphatic heterocycles. The maximum atomic E-state index is 9.44. The molecule has 0 aliphatic carbocycles. The molecule has 0 bridgehead atoms. The smallest absolute Gasteiger partial charge is 0.131 e. The normalized spacial score (nSPS) is 20.7. The van der Waals surface area contributed by atoms with Crippen LogP contribution in [-0.4, -0.2) is 114 Å². The molecule has 10 nitrogen and oxygen atoms in total. The second-order valence-electron chi connectivity index (χ2n) is 9.83. The molecule has 0 aromatic heterocycles. The minimum Gasteiger partial charge on any atom is -0.485 e. The van der Waals surface area contributed by atoms with E-state index in [0.717, 1.165) is 24.4 Å². The van der Waals surface area contributed by atoms with Crippen LogP contribution in [0.4, 0.5) is 0 Å². The summed E-state index contributed by atoms with van der Waals surface area (Å²) < 4.78 is 40.0. The lowest BCUT2D eigenvalue weighted by molar-refractivity contribution is -0.134. The minimum atomic E-state index is -0.518. The van der Waals surface area contributed by atoms with Crippen molar-refractivity contribution in [2.45, 2.75) is 44.4 Å². The van der Waals surface area contributed by atoms with Gasteiger partial charge in [-0.1, -0.05) is 0 Å². The average Bonchev–Trinajstić information content (AvgIpc) is 3.44. The summed E-state index contributed by atoms with van der Waals surface area (Å²) in [6, 6.07) is 7.97. The van der Waals surface area contributed by atoms with E-state index >= 15 is 0 Å². The van der Waals surface area contributed by atoms with Crippen LogP contribution < -0.4 is 4.74 Å². The summed E-state index contributed by atoms with van der Waals surface area (Å²) in [7, 11) is 0. The largest absolute Gasteiger partial charge is 0.485 e. The summed E-state index contributed by atoms with van der Waals surface area (Å²) in [6.07, 6.45) is 2.15. The molecule has 2 aliphatic rings. The molecule has 0 spiro atoms. The molecule has 10 heteroatoms. The van der Waals surface area contributed by atoms with Crippen LogP contribution in [0, 0.1) is 11.3 Å². The van der Waals surface area contributed by atoms with E-state index in [9.17, 15) is 5.26 Å². The molecule has 1 aromatic carbocycles. The summed E-state index contributed by atoms with van der Waals surface area (Å²) >= 11 is 0. The Morgan fingerprint density at radius 1 is 0.868 bits per heavy atom. The molecule has 3 rings (SSSR count). The molecule has 1 saturated heterocycles. The van der Waals surface area contributed by atoms with Crippen LogP contribution in [0.2, 0.25) is 0 Å². The van der Waals surface area contributed by atoms with Crippen molar-refractivity contribution in [1.82, 2.24) is 4.90 Å². The summed E-state index contributed by atoms with van der Waals surface area (Å²) in [5.74, 6) is 0.833. The average molecular weight is 537 g/mol. The summed E-state index contributed by atoms with van der Waals surface area (Å²) in [5, 5.41) is 18.0. The fourth-order valence-corrected chi connectivity index (χ4v) is 4.81. The minimum absolute atomic E-state index is 0.0243. The third-order valence-corrected chi connectivity index (χ3v) is 6.59. The monoisotopic (exact) mass is 536 g/mol. The van der Waals surface area contributed by atoms with Crippen LogP contribution >= 0.6 is 0 Å². The number of rotatable bonds is 19. The quantitative estimate of drug-likeness (QED) is 0.264. The standard InChI is InChI=1S/C28H44N2O8/c1-28(2)27(26(30-7-3-4-8-30)24-21-23(22-29)5-6-25(24)38-28)37-20-19-36-18-17-35-16-15-34-14-13-33-12-11-32-10-9-31/h5-6,21,26-27,31H,3-4,7-20H2,1-2H3/t26-,27+/m1/s1. The number of aliphatic hydroxyl groups excluding tert-OH is 1. The molecule has 0 amide bonds. The summed E-state index contributed by atoms with van der Waals surface area (Å²) in [6.45, 7) is 11.3. The van der Waals surface area contributed by atoms with Crippen molar-refractivity contribution in [3.8, 4) is 11.8 Å². The molecule has 0 saturated carbocycles. The molecule has 2 atom stereocenters. The molecule has 0 unspecified atom stereocenters. The number of nitrogens with zero attached hydrogens (tertiary/aromatic N) is 2. The highest BCUT2D eigenvalue weighted by atomic mass is 16.6. The molecule has 1 fully saturated rings. The number of likely N-dealkylation sites (tertiary alicyclic amines) is 1. The number of hydrogen-bond acceptors (Lipinski definition) is 10. The van der Waals surface area contributed by atoms with E-state index < -0.39 is 5.60 Å². The van der Waals surface area contributed by atoms with Gasteiger partial charge in [0.2, 0.25) is 0 Å². The maximum absolute atomic E-state index is 9.44. The Morgan fingerprint density at radius 2 is 1.39 bits per heavy atom. The van der Waals surface area contributed by atoms with Gasteiger partial charge in [0.15, 0.2) is 0 Å². The lowest BCUT2D eigenvalue weighted by Gasteiger charge is -2.47. The van der Waals surface area contributed by atoms with Gasteiger partial charge in [0.1, 0.15) is 17.5 Å². The SMILES string of the molecule is CC1(C)Oc2ccc(C#N)cc2[C@@H](N2CCCC2)[C@@H]1OCCOCCOCCOCCOCCOCCO. The van der Waals surface area contributed by atoms with Crippen LogP contribution in [0.1, 0.15) is 43.9 Å². The molecule has 214 valence electrons. The van der Waals surface area contributed by atoms with E-state index in [1.54, 1.807) is 0 Å². The van der Waals surface area contributed by atoms with Gasteiger partial charge in [-0.05, 0) is 58.0 Å². The Kier molecular flexibility index (Phi) is 13.7. The molecule has 38 heavy (non-hydrogen) atoms. The first-order chi connectivity index (χ1) is 18.6. The van der Waals surface area contributed by atoms with E-state index in [4.69, 9.17) is 38.3 Å². The van der Waals surface area contributed by atoms with E-state index in [-0.39, 0.29) is 18.8 Å². The van der Waals surface area contributed by atoms with Crippen molar-refractivity contribution < 1.29 is 38.3 Å². The Bertz CT molecular complexity index is 841. The number of fused-ring (bicyclic) bond motifs is 1. The molecular weight excluding hydrogens is 492 g/mol. The molecular formula is C28H44N2O8. The number of aliphatic hydroxyl groups is 1. The van der Waals surface area contributed by atoms with E-state index in [2.05, 4.69) is 24.8 Å². The lowest BCUT2D eigenvalue weighted by atomic mass is 9.85. The Hall–Kier alpha value is -1.81. The third-order valence-electron chi connectivity index (χ3n) is 6.59. The van der Waals surface area contributed by atoms with Gasteiger partial charge in [-0.3, -0.25) is 4.90 Å². The van der Waals surface area contributed by atoms with Crippen LogP contribution in [0.15, 0.2) is 18.2 Å². The van der Waals surface area contributed by atoms with Gasteiger partial charge < -0.3 is 38.3 Å². The van der Waals surface area contributed by atoms with E-state index in [1.807, 2.05) is 18.2 Å². The number of ether oxygens (including phenoxy) is 7. The second kappa shape index (κ2) is 17.0. The zero-order valence-electron chi connectivity index (χ0n) is 22.9. The van der Waals surface area contributed by atoms with Crippen LogP contribution in [-0.2, 0) is 28.4 Å². The van der Waals surface area contributed by atoms with Crippen molar-refractivity contribution in [3.63, 3.8) is 0 Å². The van der Waals surface area contributed by atoms with E-state index in [1.165, 1.54) is 12.8 Å². The first-order valence-corrected chi connectivity index (χ1v) is 13.6. The van der Waals surface area contributed by atoms with Gasteiger partial charge in [-0.15, -0.1) is 0 Å². The highest BCUT2D eigenvalue weighted by Gasteiger charge is 2.47.